The number of alkyl halides is 2. The molecule has 1 aliphatic rings. The number of amides is 2. The van der Waals surface area contributed by atoms with Gasteiger partial charge in [-0.2, -0.15) is 0 Å². The fourth-order valence-corrected chi connectivity index (χ4v) is 1.20. The Morgan fingerprint density at radius 3 is 2.77 bits per heavy atom. The lowest BCUT2D eigenvalue weighted by Crippen LogP contribution is -2.57. The van der Waals surface area contributed by atoms with Crippen molar-refractivity contribution in [3.63, 3.8) is 0 Å². The molecular formula is C7H10F2N2O2. The molecule has 2 amide bonds. The molecule has 0 spiro atoms. The van der Waals surface area contributed by atoms with Crippen LogP contribution in [0.1, 0.15) is 6.92 Å². The quantitative estimate of drug-likeness (QED) is 0.647. The van der Waals surface area contributed by atoms with Crippen LogP contribution in [0.25, 0.3) is 0 Å². The van der Waals surface area contributed by atoms with E-state index in [-0.39, 0.29) is 6.54 Å². The molecule has 0 aliphatic carbocycles. The van der Waals surface area contributed by atoms with Gasteiger partial charge in [0.2, 0.25) is 11.8 Å². The molecule has 0 aromatic carbocycles. The first-order chi connectivity index (χ1) is 6.00. The number of piperazine rings is 1. The smallest absolute Gasteiger partial charge is 0.255 e. The van der Waals surface area contributed by atoms with E-state index in [0.717, 1.165) is 4.90 Å². The highest BCUT2D eigenvalue weighted by atomic mass is 19.3. The van der Waals surface area contributed by atoms with Crippen LogP contribution in [0.2, 0.25) is 0 Å². The van der Waals surface area contributed by atoms with E-state index in [1.165, 1.54) is 6.92 Å². The van der Waals surface area contributed by atoms with Crippen molar-refractivity contribution in [3.05, 3.63) is 0 Å². The molecule has 1 saturated heterocycles. The maximum atomic E-state index is 11.9. The molecule has 1 aliphatic heterocycles. The van der Waals surface area contributed by atoms with Crippen LogP contribution in [0, 0.1) is 0 Å². The first kappa shape index (κ1) is 9.88. The molecule has 1 fully saturated rings. The lowest BCUT2D eigenvalue weighted by Gasteiger charge is -2.30. The van der Waals surface area contributed by atoms with E-state index in [2.05, 4.69) is 5.32 Å². The molecule has 0 saturated carbocycles. The second-order valence-electron chi connectivity index (χ2n) is 2.90. The standard InChI is InChI=1S/C7H10F2N2O2/c1-4-7(13)11(2-5(8)9)3-6(12)10-4/h4-5H,2-3H2,1H3,(H,10,12). The third-order valence-corrected chi connectivity index (χ3v) is 1.75. The highest BCUT2D eigenvalue weighted by molar-refractivity contribution is 5.94. The molecule has 0 aromatic rings. The first-order valence-electron chi connectivity index (χ1n) is 3.87. The zero-order chi connectivity index (χ0) is 10.0. The molecule has 1 N–H and O–H groups in total. The Morgan fingerprint density at radius 2 is 2.23 bits per heavy atom. The lowest BCUT2D eigenvalue weighted by atomic mass is 10.2. The normalized spacial score (nSPS) is 23.7. The number of hydrogen-bond acceptors (Lipinski definition) is 2. The Labute approximate surface area is 73.9 Å². The van der Waals surface area contributed by atoms with E-state index in [1.807, 2.05) is 0 Å². The number of carbonyl (C=O) groups is 2. The number of hydrogen-bond donors (Lipinski definition) is 1. The minimum atomic E-state index is -2.60. The molecule has 0 aromatic heterocycles. The van der Waals surface area contributed by atoms with Crippen molar-refractivity contribution in [2.75, 3.05) is 13.1 Å². The van der Waals surface area contributed by atoms with E-state index in [9.17, 15) is 18.4 Å². The van der Waals surface area contributed by atoms with Gasteiger partial charge in [0.25, 0.3) is 6.43 Å². The van der Waals surface area contributed by atoms with E-state index in [0.29, 0.717) is 0 Å². The van der Waals surface area contributed by atoms with Crippen molar-refractivity contribution in [3.8, 4) is 0 Å². The minimum Gasteiger partial charge on any atom is -0.343 e. The number of carbonyl (C=O) groups excluding carboxylic acids is 2. The van der Waals surface area contributed by atoms with Gasteiger partial charge in [-0.3, -0.25) is 9.59 Å². The molecule has 6 heteroatoms. The predicted molar refractivity (Wildman–Crippen MR) is 40.2 cm³/mol. The summed E-state index contributed by atoms with van der Waals surface area (Å²) in [4.78, 5) is 22.9. The SMILES string of the molecule is CC1NC(=O)CN(CC(F)F)C1=O. The lowest BCUT2D eigenvalue weighted by molar-refractivity contribution is -0.145. The molecule has 1 rings (SSSR count). The van der Waals surface area contributed by atoms with Gasteiger partial charge in [0.05, 0.1) is 13.1 Å². The second kappa shape index (κ2) is 3.68. The van der Waals surface area contributed by atoms with Crippen LogP contribution < -0.4 is 5.32 Å². The summed E-state index contributed by atoms with van der Waals surface area (Å²) < 4.78 is 23.8. The van der Waals surface area contributed by atoms with Crippen molar-refractivity contribution in [2.45, 2.75) is 19.4 Å². The zero-order valence-corrected chi connectivity index (χ0v) is 7.09. The van der Waals surface area contributed by atoms with Crippen molar-refractivity contribution >= 4 is 11.8 Å². The Bertz CT molecular complexity index is 233. The molecule has 0 radical (unpaired) electrons. The fraction of sp³-hybridized carbons (Fsp3) is 0.714. The average Bonchev–Trinajstić information content (AvgIpc) is 1.98. The highest BCUT2D eigenvalue weighted by Gasteiger charge is 2.30. The number of rotatable bonds is 2. The van der Waals surface area contributed by atoms with Gasteiger partial charge < -0.3 is 10.2 Å². The van der Waals surface area contributed by atoms with E-state index in [4.69, 9.17) is 0 Å². The van der Waals surface area contributed by atoms with Crippen LogP contribution in [0.3, 0.4) is 0 Å². The summed E-state index contributed by atoms with van der Waals surface area (Å²) in [6.07, 6.45) is -2.60. The maximum absolute atomic E-state index is 11.9. The Balaban J connectivity index is 2.61. The van der Waals surface area contributed by atoms with E-state index < -0.39 is 30.8 Å². The molecule has 0 bridgehead atoms. The highest BCUT2D eigenvalue weighted by Crippen LogP contribution is 2.05. The average molecular weight is 192 g/mol. The van der Waals surface area contributed by atoms with Gasteiger partial charge in [-0.05, 0) is 6.92 Å². The van der Waals surface area contributed by atoms with Crippen molar-refractivity contribution in [2.24, 2.45) is 0 Å². The van der Waals surface area contributed by atoms with Crippen LogP contribution in [0.4, 0.5) is 8.78 Å². The van der Waals surface area contributed by atoms with E-state index in [1.54, 1.807) is 0 Å². The summed E-state index contributed by atoms with van der Waals surface area (Å²) in [6.45, 7) is 0.530. The molecule has 1 heterocycles. The van der Waals surface area contributed by atoms with E-state index >= 15 is 0 Å². The molecule has 13 heavy (non-hydrogen) atoms. The summed E-state index contributed by atoms with van der Waals surface area (Å²) in [7, 11) is 0. The number of nitrogens with zero attached hydrogens (tertiary/aromatic N) is 1. The van der Waals surface area contributed by atoms with Gasteiger partial charge in [-0.15, -0.1) is 0 Å². The Hall–Kier alpha value is -1.20. The van der Waals surface area contributed by atoms with Crippen LogP contribution in [0.5, 0.6) is 0 Å². The zero-order valence-electron chi connectivity index (χ0n) is 7.09. The summed E-state index contributed by atoms with van der Waals surface area (Å²) in [5.74, 6) is -0.854. The molecule has 1 unspecified atom stereocenters. The molecule has 1 atom stereocenters. The van der Waals surface area contributed by atoms with Crippen molar-refractivity contribution in [1.82, 2.24) is 10.2 Å². The van der Waals surface area contributed by atoms with Gasteiger partial charge in [-0.25, -0.2) is 8.78 Å². The number of nitrogens with one attached hydrogen (secondary N) is 1. The monoisotopic (exact) mass is 192 g/mol. The van der Waals surface area contributed by atoms with Crippen LogP contribution >= 0.6 is 0 Å². The summed E-state index contributed by atoms with van der Waals surface area (Å²) in [5, 5.41) is 2.36. The van der Waals surface area contributed by atoms with Gasteiger partial charge in [0, 0.05) is 0 Å². The Morgan fingerprint density at radius 1 is 1.62 bits per heavy atom. The minimum absolute atomic E-state index is 0.270. The maximum Gasteiger partial charge on any atom is 0.255 e. The molecule has 4 nitrogen and oxygen atoms in total. The fourth-order valence-electron chi connectivity index (χ4n) is 1.20. The molecule has 74 valence electrons. The van der Waals surface area contributed by atoms with Gasteiger partial charge >= 0.3 is 0 Å². The summed E-state index contributed by atoms with van der Waals surface area (Å²) >= 11 is 0. The first-order valence-corrected chi connectivity index (χ1v) is 3.87. The summed E-state index contributed by atoms with van der Waals surface area (Å²) in [6, 6.07) is -0.694. The summed E-state index contributed by atoms with van der Waals surface area (Å²) in [5.41, 5.74) is 0. The number of halogens is 2. The second-order valence-corrected chi connectivity index (χ2v) is 2.90. The Kier molecular flexibility index (Phi) is 2.79. The third-order valence-electron chi connectivity index (χ3n) is 1.75. The van der Waals surface area contributed by atoms with Gasteiger partial charge in [-0.1, -0.05) is 0 Å². The van der Waals surface area contributed by atoms with Crippen molar-refractivity contribution < 1.29 is 18.4 Å². The molecular weight excluding hydrogens is 182 g/mol. The third kappa shape index (κ3) is 2.37. The topological polar surface area (TPSA) is 49.4 Å². The van der Waals surface area contributed by atoms with Crippen LogP contribution in [-0.4, -0.2) is 42.3 Å². The van der Waals surface area contributed by atoms with Gasteiger partial charge in [0.1, 0.15) is 6.04 Å². The van der Waals surface area contributed by atoms with Crippen molar-refractivity contribution in [1.29, 1.82) is 0 Å². The largest absolute Gasteiger partial charge is 0.343 e. The van der Waals surface area contributed by atoms with Gasteiger partial charge in [0.15, 0.2) is 0 Å². The van der Waals surface area contributed by atoms with Crippen LogP contribution in [-0.2, 0) is 9.59 Å². The predicted octanol–water partition coefficient (Wildman–Crippen LogP) is -0.402. The van der Waals surface area contributed by atoms with Crippen LogP contribution in [0.15, 0.2) is 0 Å².